The lowest BCUT2D eigenvalue weighted by atomic mass is 9.82. The van der Waals surface area contributed by atoms with Crippen LogP contribution >= 0.6 is 0 Å². The van der Waals surface area contributed by atoms with Gasteiger partial charge in [0, 0.05) is 27.8 Å². The average Bonchev–Trinajstić information content (AvgIpc) is 3.02. The number of nitrogens with zero attached hydrogens (tertiary/aromatic N) is 3. The highest BCUT2D eigenvalue weighted by atomic mass is 16.5. The van der Waals surface area contributed by atoms with Gasteiger partial charge in [-0.25, -0.2) is 0 Å². The number of carbonyl (C=O) groups excluding carboxylic acids is 4. The van der Waals surface area contributed by atoms with Gasteiger partial charge in [0.25, 0.3) is 0 Å². The number of anilines is 5. The van der Waals surface area contributed by atoms with E-state index in [1.165, 1.54) is 7.11 Å². The van der Waals surface area contributed by atoms with Crippen molar-refractivity contribution in [2.45, 2.75) is 0 Å². The molecule has 0 amide bonds. The highest BCUT2D eigenvalue weighted by molar-refractivity contribution is 6.31. The molecule has 0 aliphatic heterocycles. The molecule has 0 atom stereocenters. The van der Waals surface area contributed by atoms with E-state index in [9.17, 15) is 19.2 Å². The molecule has 5 aromatic rings. The summed E-state index contributed by atoms with van der Waals surface area (Å²) in [4.78, 5) is 66.3. The van der Waals surface area contributed by atoms with Crippen LogP contribution in [0.4, 0.5) is 29.2 Å². The zero-order valence-electron chi connectivity index (χ0n) is 22.5. The molecule has 43 heavy (non-hydrogen) atoms. The number of rotatable bonds is 5. The van der Waals surface area contributed by atoms with Crippen molar-refractivity contribution < 1.29 is 23.9 Å². The fraction of sp³-hybridized carbons (Fsp3) is 0.0312. The third-order valence-corrected chi connectivity index (χ3v) is 7.36. The molecule has 0 saturated carbocycles. The van der Waals surface area contributed by atoms with Crippen molar-refractivity contribution in [3.63, 3.8) is 0 Å². The Morgan fingerprint density at radius 2 is 1.02 bits per heavy atom. The zero-order valence-corrected chi connectivity index (χ0v) is 22.5. The van der Waals surface area contributed by atoms with Gasteiger partial charge in [0.15, 0.2) is 23.1 Å². The molecule has 0 spiro atoms. The van der Waals surface area contributed by atoms with Crippen LogP contribution in [0, 0.1) is 0 Å². The van der Waals surface area contributed by atoms with E-state index >= 15 is 0 Å². The molecule has 0 fully saturated rings. The second-order valence-electron chi connectivity index (χ2n) is 9.79. The van der Waals surface area contributed by atoms with Crippen LogP contribution in [-0.4, -0.2) is 45.2 Å². The third kappa shape index (κ3) is 4.02. The highest BCUT2D eigenvalue weighted by Crippen LogP contribution is 2.38. The molecule has 11 nitrogen and oxygen atoms in total. The maximum Gasteiger partial charge on any atom is 0.233 e. The fourth-order valence-electron chi connectivity index (χ4n) is 5.46. The minimum Gasteiger partial charge on any atom is -0.496 e. The smallest absolute Gasteiger partial charge is 0.233 e. The number of carbonyl (C=O) groups is 4. The number of nitrogen functional groups attached to an aromatic ring is 1. The van der Waals surface area contributed by atoms with Gasteiger partial charge in [0.2, 0.25) is 17.8 Å². The Morgan fingerprint density at radius 1 is 0.535 bits per heavy atom. The van der Waals surface area contributed by atoms with E-state index in [0.717, 1.165) is 0 Å². The lowest BCUT2D eigenvalue weighted by molar-refractivity contribution is 0.0977. The molecule has 7 rings (SSSR count). The summed E-state index contributed by atoms with van der Waals surface area (Å²) in [5.41, 5.74) is 8.44. The Hall–Kier alpha value is -6.23. The maximum absolute atomic E-state index is 13.6. The van der Waals surface area contributed by atoms with Gasteiger partial charge in [-0.2, -0.15) is 15.0 Å². The van der Waals surface area contributed by atoms with Crippen LogP contribution in [0.2, 0.25) is 0 Å². The molecule has 4 N–H and O–H groups in total. The van der Waals surface area contributed by atoms with E-state index in [-0.39, 0.29) is 85.8 Å². The van der Waals surface area contributed by atoms with Crippen LogP contribution < -0.4 is 21.1 Å². The molecular formula is C32H20N6O5. The van der Waals surface area contributed by atoms with Gasteiger partial charge < -0.3 is 21.1 Å². The van der Waals surface area contributed by atoms with Crippen molar-refractivity contribution >= 4 is 52.4 Å². The first-order valence-electron chi connectivity index (χ1n) is 13.1. The molecule has 208 valence electrons. The van der Waals surface area contributed by atoms with Gasteiger partial charge in [0.1, 0.15) is 5.75 Å². The standard InChI is InChI=1S/C32H20N6O5/c1-43-22-14-13-21(24-25(22)29(42)18-10-5-4-9-17(18)28(24)41)35-32-37-30(33)36-31(38-32)34-20-12-6-11-19-23(20)27(40)16-8-3-2-7-15(16)26(19)39/h2-14H,1H3,(H4,33,34,35,36,37,38). The molecule has 4 aromatic carbocycles. The number of benzene rings is 4. The van der Waals surface area contributed by atoms with Crippen LogP contribution in [0.3, 0.4) is 0 Å². The number of methoxy groups -OCH3 is 1. The molecule has 2 aliphatic carbocycles. The van der Waals surface area contributed by atoms with E-state index < -0.39 is 0 Å². The summed E-state index contributed by atoms with van der Waals surface area (Å²) < 4.78 is 5.42. The van der Waals surface area contributed by atoms with Gasteiger partial charge in [-0.15, -0.1) is 0 Å². The molecule has 0 unspecified atom stereocenters. The van der Waals surface area contributed by atoms with E-state index in [1.807, 2.05) is 0 Å². The van der Waals surface area contributed by atoms with Gasteiger partial charge in [0.05, 0.1) is 35.2 Å². The van der Waals surface area contributed by atoms with E-state index in [4.69, 9.17) is 10.5 Å². The van der Waals surface area contributed by atoms with Crippen LogP contribution in [0.1, 0.15) is 63.7 Å². The van der Waals surface area contributed by atoms with Crippen molar-refractivity contribution in [2.24, 2.45) is 0 Å². The Morgan fingerprint density at radius 3 is 1.60 bits per heavy atom. The topological polar surface area (TPSA) is 166 Å². The first kappa shape index (κ1) is 25.7. The summed E-state index contributed by atoms with van der Waals surface area (Å²) in [6, 6.07) is 21.2. The summed E-state index contributed by atoms with van der Waals surface area (Å²) >= 11 is 0. The summed E-state index contributed by atoms with van der Waals surface area (Å²) in [6.45, 7) is 0. The maximum atomic E-state index is 13.6. The quantitative estimate of drug-likeness (QED) is 0.267. The SMILES string of the molecule is COc1ccc(Nc2nc(N)nc(Nc3cccc4c3C(=O)c3ccccc3C4=O)n2)c2c1C(=O)c1ccccc1C2=O. The molecule has 1 heterocycles. The van der Waals surface area contributed by atoms with E-state index in [2.05, 4.69) is 25.6 Å². The zero-order chi connectivity index (χ0) is 29.8. The minimum absolute atomic E-state index is 0.0161. The van der Waals surface area contributed by atoms with Gasteiger partial charge in [-0.3, -0.25) is 19.2 Å². The predicted octanol–water partition coefficient (Wildman–Crippen LogP) is 4.50. The summed E-state index contributed by atoms with van der Waals surface area (Å²) in [6.07, 6.45) is 0. The summed E-state index contributed by atoms with van der Waals surface area (Å²) in [5.74, 6) is -1.26. The van der Waals surface area contributed by atoms with Crippen molar-refractivity contribution in [2.75, 3.05) is 23.5 Å². The minimum atomic E-state index is -0.369. The normalized spacial score (nSPS) is 13.0. The van der Waals surface area contributed by atoms with Crippen molar-refractivity contribution in [3.8, 4) is 5.75 Å². The fourth-order valence-corrected chi connectivity index (χ4v) is 5.46. The molecule has 1 aromatic heterocycles. The average molecular weight is 569 g/mol. The third-order valence-electron chi connectivity index (χ3n) is 7.36. The Kier molecular flexibility index (Phi) is 5.80. The number of hydrogen-bond acceptors (Lipinski definition) is 11. The lowest BCUT2D eigenvalue weighted by Crippen LogP contribution is -2.23. The molecule has 0 radical (unpaired) electrons. The Bertz CT molecular complexity index is 2070. The van der Waals surface area contributed by atoms with E-state index in [1.54, 1.807) is 78.9 Å². The van der Waals surface area contributed by atoms with Crippen molar-refractivity contribution in [1.82, 2.24) is 15.0 Å². The number of fused-ring (bicyclic) bond motifs is 4. The number of nitrogens with two attached hydrogens (primary N) is 1. The van der Waals surface area contributed by atoms with E-state index in [0.29, 0.717) is 16.8 Å². The largest absolute Gasteiger partial charge is 0.496 e. The molecule has 0 saturated heterocycles. The first-order valence-corrected chi connectivity index (χ1v) is 13.1. The summed E-state index contributed by atoms with van der Waals surface area (Å²) in [7, 11) is 1.42. The number of hydrogen-bond donors (Lipinski definition) is 3. The first-order chi connectivity index (χ1) is 20.9. The Balaban J connectivity index is 1.27. The number of ketones is 4. The molecule has 11 heteroatoms. The van der Waals surface area contributed by atoms with Crippen LogP contribution in [0.25, 0.3) is 0 Å². The van der Waals surface area contributed by atoms with Crippen LogP contribution in [0.15, 0.2) is 78.9 Å². The van der Waals surface area contributed by atoms with Crippen LogP contribution in [0.5, 0.6) is 5.75 Å². The predicted molar refractivity (Wildman–Crippen MR) is 157 cm³/mol. The monoisotopic (exact) mass is 568 g/mol. The number of aromatic nitrogens is 3. The lowest BCUT2D eigenvalue weighted by Gasteiger charge is -2.22. The molecule has 0 bridgehead atoms. The molecular weight excluding hydrogens is 548 g/mol. The molecule has 2 aliphatic rings. The Labute approximate surface area is 243 Å². The highest BCUT2D eigenvalue weighted by Gasteiger charge is 2.35. The van der Waals surface area contributed by atoms with Crippen LogP contribution in [-0.2, 0) is 0 Å². The van der Waals surface area contributed by atoms with Gasteiger partial charge >= 0.3 is 0 Å². The van der Waals surface area contributed by atoms with Gasteiger partial charge in [-0.1, -0.05) is 60.7 Å². The number of nitrogens with one attached hydrogen (secondary N) is 2. The second kappa shape index (κ2) is 9.70. The summed E-state index contributed by atoms with van der Waals surface area (Å²) in [5, 5.41) is 5.99. The van der Waals surface area contributed by atoms with Crippen molar-refractivity contribution in [1.29, 1.82) is 0 Å². The van der Waals surface area contributed by atoms with Crippen molar-refractivity contribution in [3.05, 3.63) is 123 Å². The number of ether oxygens (including phenoxy) is 1. The second-order valence-corrected chi connectivity index (χ2v) is 9.79. The van der Waals surface area contributed by atoms with Gasteiger partial charge in [-0.05, 0) is 18.2 Å².